The number of hydrogen-bond acceptors (Lipinski definition) is 1. The molecule has 0 heterocycles. The van der Waals surface area contributed by atoms with Gasteiger partial charge >= 0.3 is 0 Å². The lowest BCUT2D eigenvalue weighted by Gasteiger charge is -2.08. The number of hydrogen-bond donors (Lipinski definition) is 0. The van der Waals surface area contributed by atoms with Crippen LogP contribution in [0.1, 0.15) is 0 Å². The average molecular weight is 113 g/mol. The highest BCUT2D eigenvalue weighted by atomic mass is 15.0. The van der Waals surface area contributed by atoms with E-state index in [1.165, 1.54) is 12.9 Å². The third-order valence-electron chi connectivity index (χ3n) is 1.15. The molecule has 0 N–H and O–H groups in total. The van der Waals surface area contributed by atoms with Crippen molar-refractivity contribution in [2.45, 2.75) is 20.0 Å². The fraction of sp³-hybridized carbons (Fsp3) is 1.00. The first-order valence-electron chi connectivity index (χ1n) is 3.27. The molecule has 0 aliphatic rings. The van der Waals surface area contributed by atoms with Crippen molar-refractivity contribution in [1.29, 1.82) is 0 Å². The van der Waals surface area contributed by atoms with Crippen molar-refractivity contribution in [1.82, 2.24) is 4.90 Å². The zero-order valence-electron chi connectivity index (χ0n) is 6.44. The summed E-state index contributed by atoms with van der Waals surface area (Å²) in [6, 6.07) is 0. The van der Waals surface area contributed by atoms with E-state index in [9.17, 15) is 0 Å². The minimum absolute atomic E-state index is 0.845. The zero-order chi connectivity index (χ0) is 6.57. The molecule has 0 aromatic heterocycles. The highest BCUT2D eigenvalue weighted by molar-refractivity contribution is 6.55. The van der Waals surface area contributed by atoms with Gasteiger partial charge in [0.2, 0.25) is 0 Å². The molecule has 0 aliphatic carbocycles. The molecular weight excluding hydrogens is 96.9 g/mol. The van der Waals surface area contributed by atoms with Crippen LogP contribution in [-0.2, 0) is 0 Å². The lowest BCUT2D eigenvalue weighted by molar-refractivity contribution is 0.432. The topological polar surface area (TPSA) is 3.24 Å². The van der Waals surface area contributed by atoms with Crippen LogP contribution in [0.4, 0.5) is 0 Å². The number of rotatable bonds is 3. The minimum Gasteiger partial charge on any atom is -0.310 e. The standard InChI is InChI=1S/C6H16BN/c1-7(2)5-6-8(3)4/h5-6H2,1-4H3. The Kier molecular flexibility index (Phi) is 3.97. The summed E-state index contributed by atoms with van der Waals surface area (Å²) in [7, 11) is 4.23. The van der Waals surface area contributed by atoms with E-state index in [1.54, 1.807) is 0 Å². The molecule has 0 aromatic carbocycles. The van der Waals surface area contributed by atoms with Crippen LogP contribution in [0.15, 0.2) is 0 Å². The summed E-state index contributed by atoms with van der Waals surface area (Å²) >= 11 is 0. The number of nitrogens with zero attached hydrogens (tertiary/aromatic N) is 1. The molecule has 1 nitrogen and oxygen atoms in total. The summed E-state index contributed by atoms with van der Waals surface area (Å²) in [5.74, 6) is 0. The molecule has 0 amide bonds. The molecule has 0 fully saturated rings. The lowest BCUT2D eigenvalue weighted by Crippen LogP contribution is -2.17. The Morgan fingerprint density at radius 3 is 1.88 bits per heavy atom. The minimum atomic E-state index is 0.845. The highest BCUT2D eigenvalue weighted by Crippen LogP contribution is 1.90. The molecule has 0 atom stereocenters. The van der Waals surface area contributed by atoms with Crippen molar-refractivity contribution in [3.05, 3.63) is 0 Å². The fourth-order valence-electron chi connectivity index (χ4n) is 0.516. The Balaban J connectivity index is 2.93. The van der Waals surface area contributed by atoms with E-state index in [-0.39, 0.29) is 0 Å². The fourth-order valence-corrected chi connectivity index (χ4v) is 0.516. The predicted molar refractivity (Wildman–Crippen MR) is 40.8 cm³/mol. The zero-order valence-corrected chi connectivity index (χ0v) is 6.44. The normalized spacial score (nSPS) is 10.1. The van der Waals surface area contributed by atoms with Gasteiger partial charge < -0.3 is 4.90 Å². The average Bonchev–Trinajstić information content (AvgIpc) is 1.61. The lowest BCUT2D eigenvalue weighted by atomic mass is 9.52. The SMILES string of the molecule is CB(C)CCN(C)C. The van der Waals surface area contributed by atoms with Gasteiger partial charge in [0.25, 0.3) is 0 Å². The summed E-state index contributed by atoms with van der Waals surface area (Å²) < 4.78 is 0. The monoisotopic (exact) mass is 113 g/mol. The molecule has 0 aromatic rings. The molecule has 8 heavy (non-hydrogen) atoms. The van der Waals surface area contributed by atoms with Gasteiger partial charge in [0.1, 0.15) is 6.71 Å². The van der Waals surface area contributed by atoms with Crippen LogP contribution in [0.5, 0.6) is 0 Å². The van der Waals surface area contributed by atoms with Crippen LogP contribution in [0.2, 0.25) is 20.0 Å². The third-order valence-corrected chi connectivity index (χ3v) is 1.15. The Morgan fingerprint density at radius 1 is 1.25 bits per heavy atom. The second-order valence-electron chi connectivity index (χ2n) is 2.99. The van der Waals surface area contributed by atoms with E-state index in [0.717, 1.165) is 6.71 Å². The van der Waals surface area contributed by atoms with Crippen molar-refractivity contribution in [2.75, 3.05) is 20.6 Å². The van der Waals surface area contributed by atoms with E-state index in [1.807, 2.05) is 0 Å². The smallest absolute Gasteiger partial charge is 0.134 e. The second kappa shape index (κ2) is 3.96. The van der Waals surface area contributed by atoms with Crippen molar-refractivity contribution in [2.24, 2.45) is 0 Å². The molecular formula is C6H16BN. The van der Waals surface area contributed by atoms with Crippen LogP contribution in [0.3, 0.4) is 0 Å². The molecule has 48 valence electrons. The molecule has 0 saturated heterocycles. The van der Waals surface area contributed by atoms with Crippen molar-refractivity contribution in [3.8, 4) is 0 Å². The predicted octanol–water partition coefficient (Wildman–Crippen LogP) is 1.30. The van der Waals surface area contributed by atoms with Gasteiger partial charge in [0.15, 0.2) is 0 Å². The maximum Gasteiger partial charge on any atom is 0.134 e. The van der Waals surface area contributed by atoms with E-state index < -0.39 is 0 Å². The Bertz CT molecular complexity index is 44.5. The van der Waals surface area contributed by atoms with Gasteiger partial charge in [0.05, 0.1) is 0 Å². The Hall–Kier alpha value is 0.0249. The summed E-state index contributed by atoms with van der Waals surface area (Å²) in [4.78, 5) is 2.22. The van der Waals surface area contributed by atoms with Crippen LogP contribution in [-0.4, -0.2) is 32.3 Å². The van der Waals surface area contributed by atoms with Gasteiger partial charge in [0, 0.05) is 0 Å². The van der Waals surface area contributed by atoms with Crippen LogP contribution >= 0.6 is 0 Å². The van der Waals surface area contributed by atoms with Gasteiger partial charge in [-0.3, -0.25) is 0 Å². The highest BCUT2D eigenvalue weighted by Gasteiger charge is 1.97. The van der Waals surface area contributed by atoms with E-state index in [2.05, 4.69) is 32.6 Å². The van der Waals surface area contributed by atoms with Crippen molar-refractivity contribution >= 4 is 6.71 Å². The maximum atomic E-state index is 2.25. The van der Waals surface area contributed by atoms with Crippen molar-refractivity contribution in [3.63, 3.8) is 0 Å². The first-order valence-corrected chi connectivity index (χ1v) is 3.27. The van der Waals surface area contributed by atoms with Crippen LogP contribution in [0.25, 0.3) is 0 Å². The second-order valence-corrected chi connectivity index (χ2v) is 2.99. The van der Waals surface area contributed by atoms with E-state index in [0.29, 0.717) is 0 Å². The Morgan fingerprint density at radius 2 is 1.75 bits per heavy atom. The Labute approximate surface area is 53.1 Å². The van der Waals surface area contributed by atoms with E-state index in [4.69, 9.17) is 0 Å². The summed E-state index contributed by atoms with van der Waals surface area (Å²) in [6.45, 7) is 6.57. The van der Waals surface area contributed by atoms with Crippen molar-refractivity contribution < 1.29 is 0 Å². The molecule has 0 radical (unpaired) electrons. The third kappa shape index (κ3) is 6.02. The van der Waals surface area contributed by atoms with Gasteiger partial charge in [-0.2, -0.15) is 0 Å². The quantitative estimate of drug-likeness (QED) is 0.498. The molecule has 0 unspecified atom stereocenters. The molecule has 0 rings (SSSR count). The summed E-state index contributed by atoms with van der Waals surface area (Å²) in [5.41, 5.74) is 0. The van der Waals surface area contributed by atoms with E-state index >= 15 is 0 Å². The molecule has 0 saturated carbocycles. The molecule has 0 bridgehead atoms. The largest absolute Gasteiger partial charge is 0.310 e. The summed E-state index contributed by atoms with van der Waals surface area (Å²) in [6.07, 6.45) is 1.31. The van der Waals surface area contributed by atoms with Gasteiger partial charge in [-0.05, 0) is 20.6 Å². The van der Waals surface area contributed by atoms with Gasteiger partial charge in [-0.25, -0.2) is 0 Å². The first-order chi connectivity index (χ1) is 3.63. The van der Waals surface area contributed by atoms with Gasteiger partial charge in [-0.1, -0.05) is 20.0 Å². The summed E-state index contributed by atoms with van der Waals surface area (Å²) in [5, 5.41) is 0. The first kappa shape index (κ1) is 8.02. The van der Waals surface area contributed by atoms with Gasteiger partial charge in [-0.15, -0.1) is 0 Å². The maximum absolute atomic E-state index is 2.25. The van der Waals surface area contributed by atoms with Crippen LogP contribution < -0.4 is 0 Å². The van der Waals surface area contributed by atoms with Crippen LogP contribution in [0, 0.1) is 0 Å². The molecule has 2 heteroatoms. The molecule has 0 spiro atoms. The molecule has 0 aliphatic heterocycles.